The molecule has 0 unspecified atom stereocenters. The SMILES string of the molecule is C=COCCCCCOC=CC. The summed E-state index contributed by atoms with van der Waals surface area (Å²) in [5.74, 6) is 0. The van der Waals surface area contributed by atoms with E-state index in [0.29, 0.717) is 0 Å². The highest BCUT2D eigenvalue weighted by Crippen LogP contribution is 1.96. The third-order valence-electron chi connectivity index (χ3n) is 1.37. The van der Waals surface area contributed by atoms with E-state index in [-0.39, 0.29) is 0 Å². The van der Waals surface area contributed by atoms with Gasteiger partial charge in [0.1, 0.15) is 0 Å². The van der Waals surface area contributed by atoms with Crippen molar-refractivity contribution in [1.82, 2.24) is 0 Å². The molecule has 0 aromatic rings. The van der Waals surface area contributed by atoms with Gasteiger partial charge in [-0.05, 0) is 26.2 Å². The number of unbranched alkanes of at least 4 members (excludes halogenated alkanes) is 2. The Morgan fingerprint density at radius 1 is 1.08 bits per heavy atom. The Labute approximate surface area is 74.9 Å². The first-order valence-electron chi connectivity index (χ1n) is 4.37. The Balaban J connectivity index is 2.86. The zero-order valence-electron chi connectivity index (χ0n) is 7.79. The van der Waals surface area contributed by atoms with Crippen LogP contribution in [0.15, 0.2) is 25.2 Å². The molecule has 0 rings (SSSR count). The maximum Gasteiger partial charge on any atom is 0.0873 e. The Hall–Kier alpha value is -0.920. The third-order valence-corrected chi connectivity index (χ3v) is 1.37. The predicted octanol–water partition coefficient (Wildman–Crippen LogP) is 2.87. The van der Waals surface area contributed by atoms with E-state index in [4.69, 9.17) is 9.47 Å². The van der Waals surface area contributed by atoms with Crippen LogP contribution in [-0.4, -0.2) is 13.2 Å². The molecule has 0 heterocycles. The van der Waals surface area contributed by atoms with Crippen LogP contribution in [0.25, 0.3) is 0 Å². The van der Waals surface area contributed by atoms with Gasteiger partial charge in [-0.25, -0.2) is 0 Å². The molecule has 0 saturated heterocycles. The number of rotatable bonds is 8. The number of hydrogen-bond acceptors (Lipinski definition) is 2. The maximum absolute atomic E-state index is 5.15. The highest BCUT2D eigenvalue weighted by atomic mass is 16.5. The summed E-state index contributed by atoms with van der Waals surface area (Å²) in [5.41, 5.74) is 0. The summed E-state index contributed by atoms with van der Waals surface area (Å²) in [6.45, 7) is 6.98. The molecule has 0 N–H and O–H groups in total. The summed E-state index contributed by atoms with van der Waals surface area (Å²) < 4.78 is 10.1. The molecule has 12 heavy (non-hydrogen) atoms. The lowest BCUT2D eigenvalue weighted by molar-refractivity contribution is 0.219. The van der Waals surface area contributed by atoms with Gasteiger partial charge in [-0.3, -0.25) is 0 Å². The van der Waals surface area contributed by atoms with E-state index in [2.05, 4.69) is 6.58 Å². The van der Waals surface area contributed by atoms with Crippen LogP contribution < -0.4 is 0 Å². The van der Waals surface area contributed by atoms with E-state index in [9.17, 15) is 0 Å². The minimum absolute atomic E-state index is 0.771. The van der Waals surface area contributed by atoms with E-state index in [1.165, 1.54) is 6.26 Å². The molecule has 70 valence electrons. The minimum Gasteiger partial charge on any atom is -0.502 e. The van der Waals surface area contributed by atoms with Crippen molar-refractivity contribution < 1.29 is 9.47 Å². The molecule has 0 bridgehead atoms. The minimum atomic E-state index is 0.771. The summed E-state index contributed by atoms with van der Waals surface area (Å²) in [5, 5.41) is 0. The fraction of sp³-hybridized carbons (Fsp3) is 0.600. The smallest absolute Gasteiger partial charge is 0.0873 e. The maximum atomic E-state index is 5.15. The van der Waals surface area contributed by atoms with Crippen LogP contribution in [0.3, 0.4) is 0 Å². The molecule has 0 aliphatic rings. The molecule has 0 aliphatic carbocycles. The van der Waals surface area contributed by atoms with E-state index in [1.807, 2.05) is 13.0 Å². The highest BCUT2D eigenvalue weighted by Gasteiger charge is 1.87. The molecule has 0 spiro atoms. The summed E-state index contributed by atoms with van der Waals surface area (Å²) in [6, 6.07) is 0. The van der Waals surface area contributed by atoms with Gasteiger partial charge >= 0.3 is 0 Å². The van der Waals surface area contributed by atoms with Gasteiger partial charge in [0.2, 0.25) is 0 Å². The fourth-order valence-corrected chi connectivity index (χ4v) is 0.795. The average molecular weight is 170 g/mol. The third kappa shape index (κ3) is 9.08. The molecule has 0 radical (unpaired) electrons. The molecular weight excluding hydrogens is 152 g/mol. The number of ether oxygens (including phenoxy) is 2. The molecule has 0 atom stereocenters. The van der Waals surface area contributed by atoms with Gasteiger partial charge in [0.05, 0.1) is 25.7 Å². The molecule has 2 nitrogen and oxygen atoms in total. The van der Waals surface area contributed by atoms with E-state index < -0.39 is 0 Å². The van der Waals surface area contributed by atoms with Gasteiger partial charge in [0.15, 0.2) is 0 Å². The number of allylic oxidation sites excluding steroid dienone is 1. The van der Waals surface area contributed by atoms with E-state index >= 15 is 0 Å². The summed E-state index contributed by atoms with van der Waals surface area (Å²) in [4.78, 5) is 0. The topological polar surface area (TPSA) is 18.5 Å². The Kier molecular flexibility index (Phi) is 9.31. The molecule has 0 amide bonds. The van der Waals surface area contributed by atoms with Gasteiger partial charge in [-0.1, -0.05) is 12.7 Å². The quantitative estimate of drug-likeness (QED) is 0.412. The lowest BCUT2D eigenvalue weighted by atomic mass is 10.2. The van der Waals surface area contributed by atoms with Crippen LogP contribution in [0, 0.1) is 0 Å². The van der Waals surface area contributed by atoms with Crippen LogP contribution in [0.4, 0.5) is 0 Å². The van der Waals surface area contributed by atoms with Crippen molar-refractivity contribution in [3.8, 4) is 0 Å². The van der Waals surface area contributed by atoms with Crippen molar-refractivity contribution in [3.05, 3.63) is 25.2 Å². The van der Waals surface area contributed by atoms with E-state index in [0.717, 1.165) is 32.5 Å². The Bertz CT molecular complexity index is 119. The zero-order valence-corrected chi connectivity index (χ0v) is 7.79. The first-order valence-corrected chi connectivity index (χ1v) is 4.37. The number of hydrogen-bond donors (Lipinski definition) is 0. The molecule has 0 aliphatic heterocycles. The first kappa shape index (κ1) is 11.1. The van der Waals surface area contributed by atoms with Crippen molar-refractivity contribution in [2.45, 2.75) is 26.2 Å². The molecule has 0 fully saturated rings. The van der Waals surface area contributed by atoms with Gasteiger partial charge in [-0.15, -0.1) is 0 Å². The molecular formula is C10H18O2. The zero-order chi connectivity index (χ0) is 9.07. The van der Waals surface area contributed by atoms with Crippen molar-refractivity contribution in [3.63, 3.8) is 0 Å². The summed E-state index contributed by atoms with van der Waals surface area (Å²) >= 11 is 0. The molecule has 2 heteroatoms. The highest BCUT2D eigenvalue weighted by molar-refractivity contribution is 4.64. The molecule has 0 aromatic carbocycles. The second-order valence-corrected chi connectivity index (χ2v) is 2.44. The van der Waals surface area contributed by atoms with Crippen LogP contribution in [0.2, 0.25) is 0 Å². The van der Waals surface area contributed by atoms with Crippen molar-refractivity contribution in [1.29, 1.82) is 0 Å². The predicted molar refractivity (Wildman–Crippen MR) is 50.8 cm³/mol. The van der Waals surface area contributed by atoms with Crippen LogP contribution in [0.1, 0.15) is 26.2 Å². The summed E-state index contributed by atoms with van der Waals surface area (Å²) in [6.07, 6.45) is 8.40. The Morgan fingerprint density at radius 3 is 2.33 bits per heavy atom. The van der Waals surface area contributed by atoms with Crippen molar-refractivity contribution in [2.24, 2.45) is 0 Å². The second kappa shape index (κ2) is 10.1. The lowest BCUT2D eigenvalue weighted by Crippen LogP contribution is -1.91. The van der Waals surface area contributed by atoms with Crippen molar-refractivity contribution >= 4 is 0 Å². The monoisotopic (exact) mass is 170 g/mol. The second-order valence-electron chi connectivity index (χ2n) is 2.44. The van der Waals surface area contributed by atoms with Gasteiger partial charge in [0.25, 0.3) is 0 Å². The van der Waals surface area contributed by atoms with Gasteiger partial charge in [-0.2, -0.15) is 0 Å². The van der Waals surface area contributed by atoms with Gasteiger partial charge < -0.3 is 9.47 Å². The van der Waals surface area contributed by atoms with Crippen LogP contribution in [-0.2, 0) is 9.47 Å². The van der Waals surface area contributed by atoms with Crippen LogP contribution in [0.5, 0.6) is 0 Å². The van der Waals surface area contributed by atoms with Gasteiger partial charge in [0, 0.05) is 0 Å². The molecule has 0 saturated carbocycles. The average Bonchev–Trinajstić information content (AvgIpc) is 2.10. The summed E-state index contributed by atoms with van der Waals surface area (Å²) in [7, 11) is 0. The standard InChI is InChI=1S/C10H18O2/c1-3-8-12-10-7-5-6-9-11-4-2/h3-4,8H,2,5-7,9-10H2,1H3. The lowest BCUT2D eigenvalue weighted by Gasteiger charge is -2.01. The van der Waals surface area contributed by atoms with Crippen LogP contribution >= 0.6 is 0 Å². The largest absolute Gasteiger partial charge is 0.502 e. The first-order chi connectivity index (χ1) is 5.91. The normalized spacial score (nSPS) is 10.1. The van der Waals surface area contributed by atoms with E-state index in [1.54, 1.807) is 6.26 Å². The fourth-order valence-electron chi connectivity index (χ4n) is 0.795. The van der Waals surface area contributed by atoms with Crippen molar-refractivity contribution in [2.75, 3.05) is 13.2 Å². The molecule has 0 aromatic heterocycles. The Morgan fingerprint density at radius 2 is 1.75 bits per heavy atom.